The molecule has 1 aliphatic carbocycles. The number of carbonyl (C=O) groups excluding carboxylic acids is 1. The van der Waals surface area contributed by atoms with Crippen LogP contribution >= 0.6 is 0 Å². The minimum absolute atomic E-state index is 0.377. The minimum atomic E-state index is -3.60. The van der Waals surface area contributed by atoms with Crippen LogP contribution in [0, 0.1) is 0 Å². The van der Waals surface area contributed by atoms with Gasteiger partial charge >= 0.3 is 10.2 Å². The van der Waals surface area contributed by atoms with Crippen molar-refractivity contribution < 1.29 is 23.0 Å². The molecule has 2 N–H and O–H groups in total. The summed E-state index contributed by atoms with van der Waals surface area (Å²) in [6, 6.07) is 0. The molecule has 0 bridgehead atoms. The molecule has 0 radical (unpaired) electrons. The number of quaternary nitrogens is 1. The monoisotopic (exact) mass is 290 g/mol. The lowest BCUT2D eigenvalue weighted by atomic mass is 9.83. The number of carbonyl (C=O) groups is 1. The Labute approximate surface area is 114 Å². The third-order valence-electron chi connectivity index (χ3n) is 4.20. The SMILES string of the molecule is O=C([O-])C1([NH2+]S(=O)(=O)N2CCCCC2)CCCCC1. The van der Waals surface area contributed by atoms with Crippen molar-refractivity contribution in [3.05, 3.63) is 0 Å². The third kappa shape index (κ3) is 3.27. The summed E-state index contributed by atoms with van der Waals surface area (Å²) in [6.07, 6.45) is 5.96. The van der Waals surface area contributed by atoms with Crippen molar-refractivity contribution in [1.29, 1.82) is 0 Å². The fourth-order valence-corrected chi connectivity index (χ4v) is 4.85. The van der Waals surface area contributed by atoms with E-state index in [1.807, 2.05) is 0 Å². The van der Waals surface area contributed by atoms with Gasteiger partial charge in [-0.1, -0.05) is 12.8 Å². The topological polar surface area (TPSA) is 94.1 Å². The van der Waals surface area contributed by atoms with Crippen molar-refractivity contribution in [2.45, 2.75) is 56.9 Å². The van der Waals surface area contributed by atoms with Gasteiger partial charge in [0, 0.05) is 25.9 Å². The summed E-state index contributed by atoms with van der Waals surface area (Å²) in [5.41, 5.74) is -1.28. The van der Waals surface area contributed by atoms with E-state index in [-0.39, 0.29) is 0 Å². The molecule has 7 heteroatoms. The van der Waals surface area contributed by atoms with Crippen LogP contribution in [0.3, 0.4) is 0 Å². The summed E-state index contributed by atoms with van der Waals surface area (Å²) in [7, 11) is -3.60. The normalized spacial score (nSPS) is 25.1. The smallest absolute Gasteiger partial charge is 0.370 e. The van der Waals surface area contributed by atoms with Crippen molar-refractivity contribution >= 4 is 16.2 Å². The number of carboxylic acid groups (broad SMARTS) is 1. The maximum Gasteiger partial charge on any atom is 0.370 e. The number of hydrogen-bond acceptors (Lipinski definition) is 4. The number of carboxylic acids is 1. The van der Waals surface area contributed by atoms with E-state index in [1.165, 1.54) is 4.31 Å². The van der Waals surface area contributed by atoms with Crippen LogP contribution in [0.15, 0.2) is 0 Å². The molecule has 1 heterocycles. The van der Waals surface area contributed by atoms with E-state index >= 15 is 0 Å². The zero-order valence-corrected chi connectivity index (χ0v) is 12.0. The summed E-state index contributed by atoms with van der Waals surface area (Å²) < 4.78 is 27.2. The predicted octanol–water partition coefficient (Wildman–Crippen LogP) is -1.27. The number of hydrogen-bond donors (Lipinski definition) is 1. The van der Waals surface area contributed by atoms with Gasteiger partial charge in [-0.3, -0.25) is 0 Å². The molecule has 0 aromatic heterocycles. The first-order valence-electron chi connectivity index (χ1n) is 7.04. The van der Waals surface area contributed by atoms with Crippen LogP contribution < -0.4 is 9.83 Å². The summed E-state index contributed by atoms with van der Waals surface area (Å²) in [5.74, 6) is -1.24. The largest absolute Gasteiger partial charge is 0.544 e. The molecule has 0 unspecified atom stereocenters. The van der Waals surface area contributed by atoms with Crippen LogP contribution in [0.25, 0.3) is 0 Å². The Bertz CT molecular complexity index is 423. The van der Waals surface area contributed by atoms with E-state index in [9.17, 15) is 18.3 Å². The van der Waals surface area contributed by atoms with Crippen LogP contribution in [0.5, 0.6) is 0 Å². The second-order valence-corrected chi connectivity index (χ2v) is 7.41. The highest BCUT2D eigenvalue weighted by Gasteiger charge is 2.43. The first-order valence-corrected chi connectivity index (χ1v) is 8.54. The van der Waals surface area contributed by atoms with Gasteiger partial charge in [-0.2, -0.15) is 12.7 Å². The van der Waals surface area contributed by atoms with E-state index in [0.717, 1.165) is 43.2 Å². The van der Waals surface area contributed by atoms with E-state index in [2.05, 4.69) is 0 Å². The molecule has 2 rings (SSSR count). The molecule has 0 aromatic rings. The Balaban J connectivity index is 2.13. The maximum atomic E-state index is 12.3. The summed E-state index contributed by atoms with van der Waals surface area (Å²) in [6.45, 7) is 1.00. The van der Waals surface area contributed by atoms with Crippen LogP contribution in [-0.4, -0.2) is 37.3 Å². The molecule has 0 atom stereocenters. The highest BCUT2D eigenvalue weighted by atomic mass is 32.2. The number of piperidine rings is 1. The molecule has 0 spiro atoms. The van der Waals surface area contributed by atoms with Crippen molar-refractivity contribution in [3.8, 4) is 0 Å². The van der Waals surface area contributed by atoms with E-state index in [1.54, 1.807) is 0 Å². The van der Waals surface area contributed by atoms with E-state index < -0.39 is 21.7 Å². The quantitative estimate of drug-likeness (QED) is 0.699. The fourth-order valence-electron chi connectivity index (χ4n) is 3.03. The van der Waals surface area contributed by atoms with Gasteiger partial charge in [-0.15, -0.1) is 0 Å². The Morgan fingerprint density at radius 1 is 1.00 bits per heavy atom. The molecule has 1 saturated carbocycles. The van der Waals surface area contributed by atoms with Gasteiger partial charge in [0.25, 0.3) is 0 Å². The summed E-state index contributed by atoms with van der Waals surface area (Å²) >= 11 is 0. The number of nitrogens with two attached hydrogens (primary N) is 1. The molecule has 0 amide bonds. The van der Waals surface area contributed by atoms with Gasteiger partial charge in [0.15, 0.2) is 5.54 Å². The number of nitrogens with zero attached hydrogens (tertiary/aromatic N) is 1. The Kier molecular flexibility index (Phi) is 4.47. The van der Waals surface area contributed by atoms with Gasteiger partial charge in [0.05, 0.1) is 0 Å². The second kappa shape index (κ2) is 5.76. The Morgan fingerprint density at radius 2 is 1.53 bits per heavy atom. The standard InChI is InChI=1S/C12H22N2O4S/c15-11(16)12(7-3-1-4-8-12)13-19(17,18)14-9-5-2-6-10-14/h13H,1-10H2,(H,15,16). The average molecular weight is 290 g/mol. The first-order chi connectivity index (χ1) is 8.96. The average Bonchev–Trinajstić information content (AvgIpc) is 2.40. The van der Waals surface area contributed by atoms with Crippen molar-refractivity contribution in [1.82, 2.24) is 4.31 Å². The molecular weight excluding hydrogens is 268 g/mol. The van der Waals surface area contributed by atoms with Gasteiger partial charge in [0.2, 0.25) is 0 Å². The van der Waals surface area contributed by atoms with Crippen LogP contribution in [-0.2, 0) is 15.0 Å². The van der Waals surface area contributed by atoms with E-state index in [0.29, 0.717) is 25.9 Å². The molecule has 110 valence electrons. The van der Waals surface area contributed by atoms with Crippen molar-refractivity contribution in [3.63, 3.8) is 0 Å². The van der Waals surface area contributed by atoms with Crippen LogP contribution in [0.2, 0.25) is 0 Å². The zero-order chi connectivity index (χ0) is 13.9. The Morgan fingerprint density at radius 3 is 2.05 bits per heavy atom. The number of aliphatic carboxylic acids is 1. The first kappa shape index (κ1) is 14.7. The molecule has 2 aliphatic rings. The Hall–Kier alpha value is -0.660. The van der Waals surface area contributed by atoms with Crippen molar-refractivity contribution in [2.24, 2.45) is 0 Å². The fraction of sp³-hybridized carbons (Fsp3) is 0.917. The predicted molar refractivity (Wildman–Crippen MR) is 67.1 cm³/mol. The second-order valence-electron chi connectivity index (χ2n) is 5.63. The van der Waals surface area contributed by atoms with Gasteiger partial charge in [0.1, 0.15) is 5.97 Å². The summed E-state index contributed by atoms with van der Waals surface area (Å²) in [5, 5.41) is 11.4. The molecule has 2 fully saturated rings. The van der Waals surface area contributed by atoms with Gasteiger partial charge in [-0.25, -0.2) is 4.72 Å². The summed E-state index contributed by atoms with van der Waals surface area (Å²) in [4.78, 5) is 11.4. The van der Waals surface area contributed by atoms with Crippen LogP contribution in [0.1, 0.15) is 51.4 Å². The lowest BCUT2D eigenvalue weighted by Crippen LogP contribution is -3.04. The lowest BCUT2D eigenvalue weighted by molar-refractivity contribution is -0.593. The number of rotatable bonds is 4. The van der Waals surface area contributed by atoms with Gasteiger partial charge in [-0.05, 0) is 25.7 Å². The minimum Gasteiger partial charge on any atom is -0.544 e. The molecule has 1 saturated heterocycles. The molecule has 1 aliphatic heterocycles. The third-order valence-corrected chi connectivity index (χ3v) is 6.04. The molecule has 19 heavy (non-hydrogen) atoms. The van der Waals surface area contributed by atoms with Crippen LogP contribution in [0.4, 0.5) is 0 Å². The van der Waals surface area contributed by atoms with Crippen molar-refractivity contribution in [2.75, 3.05) is 13.1 Å². The molecular formula is C12H22N2O4S. The van der Waals surface area contributed by atoms with Gasteiger partial charge < -0.3 is 9.90 Å². The highest BCUT2D eigenvalue weighted by molar-refractivity contribution is 7.82. The molecule has 6 nitrogen and oxygen atoms in total. The maximum absolute atomic E-state index is 12.3. The zero-order valence-electron chi connectivity index (χ0n) is 11.1. The van der Waals surface area contributed by atoms with E-state index in [4.69, 9.17) is 0 Å². The highest BCUT2D eigenvalue weighted by Crippen LogP contribution is 2.25. The lowest BCUT2D eigenvalue weighted by Gasteiger charge is -2.36. The molecule has 0 aromatic carbocycles.